The Labute approximate surface area is 144 Å². The van der Waals surface area contributed by atoms with E-state index in [0.717, 1.165) is 12.1 Å². The number of carbonyl (C=O) groups excluding carboxylic acids is 2. The zero-order chi connectivity index (χ0) is 18.6. The highest BCUT2D eigenvalue weighted by atomic mass is 19.1. The van der Waals surface area contributed by atoms with Gasteiger partial charge in [0, 0.05) is 6.20 Å². The molecule has 1 heterocycles. The predicted molar refractivity (Wildman–Crippen MR) is 91.0 cm³/mol. The van der Waals surface area contributed by atoms with Crippen LogP contribution in [0.4, 0.5) is 20.6 Å². The summed E-state index contributed by atoms with van der Waals surface area (Å²) < 4.78 is 18.7. The molecule has 0 atom stereocenters. The zero-order valence-corrected chi connectivity index (χ0v) is 14.4. The Morgan fingerprint density at radius 2 is 1.80 bits per heavy atom. The van der Waals surface area contributed by atoms with E-state index in [1.807, 2.05) is 0 Å². The summed E-state index contributed by atoms with van der Waals surface area (Å²) in [7, 11) is 0. The van der Waals surface area contributed by atoms with Gasteiger partial charge in [-0.1, -0.05) is 0 Å². The van der Waals surface area contributed by atoms with E-state index in [0.29, 0.717) is 5.69 Å². The van der Waals surface area contributed by atoms with Gasteiger partial charge in [-0.05, 0) is 45.9 Å². The maximum Gasteiger partial charge on any atom is 0.412 e. The van der Waals surface area contributed by atoms with Crippen LogP contribution in [0.15, 0.2) is 30.6 Å². The third-order valence-corrected chi connectivity index (χ3v) is 2.88. The molecular weight excluding hydrogens is 327 g/mol. The number of nitrogens with zero attached hydrogens (tertiary/aromatic N) is 2. The first-order chi connectivity index (χ1) is 11.6. The molecule has 0 saturated heterocycles. The molecular formula is C17H19FN4O3. The second-order valence-corrected chi connectivity index (χ2v) is 6.31. The number of hydrogen-bond donors (Lipinski definition) is 2. The molecule has 7 nitrogen and oxygen atoms in total. The topological polar surface area (TPSA) is 93.2 Å². The van der Waals surface area contributed by atoms with Crippen LogP contribution < -0.4 is 10.6 Å². The first kappa shape index (κ1) is 18.3. The highest BCUT2D eigenvalue weighted by molar-refractivity contribution is 6.05. The van der Waals surface area contributed by atoms with Gasteiger partial charge in [-0.2, -0.15) is 0 Å². The van der Waals surface area contributed by atoms with Gasteiger partial charge in [0.1, 0.15) is 17.1 Å². The summed E-state index contributed by atoms with van der Waals surface area (Å²) in [6.45, 7) is 6.89. The number of nitrogens with one attached hydrogen (secondary N) is 2. The number of hydrogen-bond acceptors (Lipinski definition) is 5. The minimum absolute atomic E-state index is 0.0677. The number of benzene rings is 1. The molecule has 25 heavy (non-hydrogen) atoms. The molecule has 2 rings (SSSR count). The number of halogens is 1. The lowest BCUT2D eigenvalue weighted by Crippen LogP contribution is -2.27. The smallest absolute Gasteiger partial charge is 0.412 e. The molecule has 0 aliphatic carbocycles. The van der Waals surface area contributed by atoms with Crippen LogP contribution in [0.3, 0.4) is 0 Å². The van der Waals surface area contributed by atoms with Gasteiger partial charge in [0.2, 0.25) is 0 Å². The molecule has 0 fully saturated rings. The molecule has 0 unspecified atom stereocenters. The molecule has 0 radical (unpaired) electrons. The summed E-state index contributed by atoms with van der Waals surface area (Å²) in [5.74, 6) is -1.15. The maximum atomic E-state index is 13.5. The number of aryl methyl sites for hydroxylation is 1. The Morgan fingerprint density at radius 3 is 2.40 bits per heavy atom. The van der Waals surface area contributed by atoms with Crippen molar-refractivity contribution in [2.24, 2.45) is 0 Å². The van der Waals surface area contributed by atoms with Gasteiger partial charge in [0.05, 0.1) is 23.3 Å². The third kappa shape index (κ3) is 5.52. The number of carbonyl (C=O) groups is 2. The minimum atomic E-state index is -0.718. The summed E-state index contributed by atoms with van der Waals surface area (Å²) in [6.07, 6.45) is 2.04. The molecule has 132 valence electrons. The highest BCUT2D eigenvalue weighted by Gasteiger charge is 2.18. The zero-order valence-electron chi connectivity index (χ0n) is 14.4. The van der Waals surface area contributed by atoms with Crippen LogP contribution in [-0.4, -0.2) is 27.6 Å². The average molecular weight is 346 g/mol. The summed E-state index contributed by atoms with van der Waals surface area (Å²) in [4.78, 5) is 32.1. The summed E-state index contributed by atoms with van der Waals surface area (Å²) >= 11 is 0. The molecule has 2 amide bonds. The predicted octanol–water partition coefficient (Wildman–Crippen LogP) is 3.52. The number of amides is 2. The summed E-state index contributed by atoms with van der Waals surface area (Å²) in [5, 5.41) is 4.99. The Morgan fingerprint density at radius 1 is 1.08 bits per heavy atom. The molecule has 2 N–H and O–H groups in total. The molecule has 0 aliphatic heterocycles. The first-order valence-corrected chi connectivity index (χ1v) is 7.53. The van der Waals surface area contributed by atoms with Crippen molar-refractivity contribution in [1.82, 2.24) is 9.97 Å². The first-order valence-electron chi connectivity index (χ1n) is 7.53. The second-order valence-electron chi connectivity index (χ2n) is 6.31. The van der Waals surface area contributed by atoms with Gasteiger partial charge in [0.25, 0.3) is 5.91 Å². The molecule has 1 aromatic carbocycles. The van der Waals surface area contributed by atoms with Gasteiger partial charge in [-0.3, -0.25) is 15.1 Å². The van der Waals surface area contributed by atoms with Crippen LogP contribution in [0.5, 0.6) is 0 Å². The molecule has 0 spiro atoms. The van der Waals surface area contributed by atoms with Crippen LogP contribution in [0.25, 0.3) is 0 Å². The lowest BCUT2D eigenvalue weighted by molar-refractivity contribution is 0.0635. The Bertz CT molecular complexity index is 785. The fraction of sp³-hybridized carbons (Fsp3) is 0.294. The Balaban J connectivity index is 2.19. The van der Waals surface area contributed by atoms with Crippen LogP contribution in [0.1, 0.15) is 37.0 Å². The van der Waals surface area contributed by atoms with E-state index >= 15 is 0 Å². The van der Waals surface area contributed by atoms with E-state index in [4.69, 9.17) is 4.74 Å². The van der Waals surface area contributed by atoms with E-state index in [2.05, 4.69) is 20.6 Å². The number of ether oxygens (including phenoxy) is 1. The summed E-state index contributed by atoms with van der Waals surface area (Å²) in [6, 6.07) is 3.58. The van der Waals surface area contributed by atoms with Crippen molar-refractivity contribution in [3.05, 3.63) is 47.8 Å². The molecule has 2 aromatic rings. The highest BCUT2D eigenvalue weighted by Crippen LogP contribution is 2.24. The lowest BCUT2D eigenvalue weighted by atomic mass is 10.2. The standard InChI is InChI=1S/C17H19FN4O3/c1-10-8-20-14(9-19-10)15(23)21-13-7-11(18)5-6-12(13)22-16(24)25-17(2,3)4/h5-9H,1-4H3,(H,21,23)(H,22,24). The van der Waals surface area contributed by atoms with Crippen molar-refractivity contribution in [2.45, 2.75) is 33.3 Å². The molecule has 0 aliphatic rings. The van der Waals surface area contributed by atoms with E-state index in [1.165, 1.54) is 18.5 Å². The number of rotatable bonds is 3. The van der Waals surface area contributed by atoms with Gasteiger partial charge >= 0.3 is 6.09 Å². The number of aromatic nitrogens is 2. The molecule has 0 saturated carbocycles. The quantitative estimate of drug-likeness (QED) is 0.887. The molecule has 8 heteroatoms. The van der Waals surface area contributed by atoms with Crippen molar-refractivity contribution in [3.8, 4) is 0 Å². The normalized spacial score (nSPS) is 10.9. The fourth-order valence-corrected chi connectivity index (χ4v) is 1.84. The van der Waals surface area contributed by atoms with Crippen LogP contribution in [-0.2, 0) is 4.74 Å². The van der Waals surface area contributed by atoms with Crippen LogP contribution >= 0.6 is 0 Å². The van der Waals surface area contributed by atoms with Crippen molar-refractivity contribution in [1.29, 1.82) is 0 Å². The van der Waals surface area contributed by atoms with Gasteiger partial charge < -0.3 is 10.1 Å². The second kappa shape index (κ2) is 7.25. The van der Waals surface area contributed by atoms with Gasteiger partial charge in [-0.25, -0.2) is 14.2 Å². The average Bonchev–Trinajstić information content (AvgIpc) is 2.48. The van der Waals surface area contributed by atoms with E-state index in [1.54, 1.807) is 27.7 Å². The number of anilines is 2. The van der Waals surface area contributed by atoms with Crippen molar-refractivity contribution >= 4 is 23.4 Å². The van der Waals surface area contributed by atoms with E-state index in [9.17, 15) is 14.0 Å². The van der Waals surface area contributed by atoms with Crippen LogP contribution in [0.2, 0.25) is 0 Å². The third-order valence-electron chi connectivity index (χ3n) is 2.88. The largest absolute Gasteiger partial charge is 0.444 e. The van der Waals surface area contributed by atoms with Crippen molar-refractivity contribution < 1.29 is 18.7 Å². The SMILES string of the molecule is Cc1cnc(C(=O)Nc2cc(F)ccc2NC(=O)OC(C)(C)C)cn1. The Hall–Kier alpha value is -3.03. The van der Waals surface area contributed by atoms with Crippen molar-refractivity contribution in [2.75, 3.05) is 10.6 Å². The minimum Gasteiger partial charge on any atom is -0.444 e. The van der Waals surface area contributed by atoms with Crippen molar-refractivity contribution in [3.63, 3.8) is 0 Å². The summed E-state index contributed by atoms with van der Waals surface area (Å²) in [5.41, 5.74) is 0.320. The van der Waals surface area contributed by atoms with Gasteiger partial charge in [-0.15, -0.1) is 0 Å². The lowest BCUT2D eigenvalue weighted by Gasteiger charge is -2.20. The maximum absolute atomic E-state index is 13.5. The van der Waals surface area contributed by atoms with E-state index in [-0.39, 0.29) is 17.1 Å². The molecule has 1 aromatic heterocycles. The van der Waals surface area contributed by atoms with Crippen LogP contribution in [0, 0.1) is 12.7 Å². The fourth-order valence-electron chi connectivity index (χ4n) is 1.84. The molecule has 0 bridgehead atoms. The Kier molecular flexibility index (Phi) is 5.31. The monoisotopic (exact) mass is 346 g/mol. The van der Waals surface area contributed by atoms with Gasteiger partial charge in [0.15, 0.2) is 0 Å². The van der Waals surface area contributed by atoms with E-state index < -0.39 is 23.4 Å².